The fourth-order valence-corrected chi connectivity index (χ4v) is 1.78. The molecule has 0 bridgehead atoms. The Bertz CT molecular complexity index is 371. The fourth-order valence-electron chi connectivity index (χ4n) is 1.78. The Morgan fingerprint density at radius 1 is 1.65 bits per heavy atom. The molecule has 0 aromatic carbocycles. The number of hydrogen-bond donors (Lipinski definition) is 0. The number of amides is 1. The van der Waals surface area contributed by atoms with Gasteiger partial charge in [0.25, 0.3) is 0 Å². The Hall–Kier alpha value is -1.69. The van der Waals surface area contributed by atoms with E-state index in [0.29, 0.717) is 19.0 Å². The van der Waals surface area contributed by atoms with Crippen LogP contribution in [0.4, 0.5) is 0 Å². The first-order valence-corrected chi connectivity index (χ1v) is 5.49. The summed E-state index contributed by atoms with van der Waals surface area (Å²) in [6, 6.07) is 1.71. The maximum atomic E-state index is 11.6. The quantitative estimate of drug-likeness (QED) is 0.743. The van der Waals surface area contributed by atoms with Gasteiger partial charge >= 0.3 is 0 Å². The smallest absolute Gasteiger partial charge is 0.248 e. The van der Waals surface area contributed by atoms with Gasteiger partial charge in [-0.15, -0.1) is 0 Å². The van der Waals surface area contributed by atoms with Crippen molar-refractivity contribution in [3.8, 4) is 5.88 Å². The van der Waals surface area contributed by atoms with Crippen molar-refractivity contribution in [3.63, 3.8) is 0 Å². The van der Waals surface area contributed by atoms with E-state index in [4.69, 9.17) is 9.47 Å². The van der Waals surface area contributed by atoms with E-state index in [1.165, 1.54) is 13.4 Å². The average Bonchev–Trinajstić information content (AvgIpc) is 2.79. The van der Waals surface area contributed by atoms with Crippen LogP contribution in [0.2, 0.25) is 0 Å². The summed E-state index contributed by atoms with van der Waals surface area (Å²) < 4.78 is 10.5. The van der Waals surface area contributed by atoms with Gasteiger partial charge in [0.2, 0.25) is 11.8 Å². The lowest BCUT2D eigenvalue weighted by atomic mass is 10.3. The van der Waals surface area contributed by atoms with Crippen molar-refractivity contribution >= 4 is 5.91 Å². The van der Waals surface area contributed by atoms with Gasteiger partial charge in [0.05, 0.1) is 6.54 Å². The maximum absolute atomic E-state index is 11.6. The zero-order valence-electron chi connectivity index (χ0n) is 9.70. The second-order valence-electron chi connectivity index (χ2n) is 3.85. The topological polar surface area (TPSA) is 64.5 Å². The van der Waals surface area contributed by atoms with Gasteiger partial charge in [-0.2, -0.15) is 0 Å². The summed E-state index contributed by atoms with van der Waals surface area (Å²) >= 11 is 0. The molecule has 0 spiro atoms. The first-order valence-electron chi connectivity index (χ1n) is 5.49. The second-order valence-corrected chi connectivity index (χ2v) is 3.85. The zero-order valence-corrected chi connectivity index (χ0v) is 9.70. The van der Waals surface area contributed by atoms with Gasteiger partial charge in [-0.25, -0.2) is 9.97 Å². The van der Waals surface area contributed by atoms with Crippen molar-refractivity contribution in [1.82, 2.24) is 14.9 Å². The van der Waals surface area contributed by atoms with Gasteiger partial charge < -0.3 is 14.4 Å². The highest BCUT2D eigenvalue weighted by Gasteiger charge is 2.27. The van der Waals surface area contributed by atoms with Gasteiger partial charge in [0, 0.05) is 32.3 Å². The number of carbonyl (C=O) groups is 1. The first kappa shape index (κ1) is 11.8. The summed E-state index contributed by atoms with van der Waals surface area (Å²) in [7, 11) is 1.52. The van der Waals surface area contributed by atoms with Crippen LogP contribution in [0.15, 0.2) is 18.6 Å². The summed E-state index contributed by atoms with van der Waals surface area (Å²) in [6.45, 7) is 1.42. The van der Waals surface area contributed by atoms with Crippen LogP contribution < -0.4 is 4.74 Å². The first-order chi connectivity index (χ1) is 8.29. The van der Waals surface area contributed by atoms with Crippen LogP contribution in [0.5, 0.6) is 5.88 Å². The van der Waals surface area contributed by atoms with Crippen LogP contribution in [0.1, 0.15) is 6.42 Å². The van der Waals surface area contributed by atoms with Crippen molar-refractivity contribution in [2.45, 2.75) is 12.5 Å². The number of rotatable bonds is 4. The number of carbonyl (C=O) groups excluding carboxylic acids is 1. The SMILES string of the molecule is COCC(=O)N1CC[C@@H](Oc2ccncn2)C1. The minimum absolute atomic E-state index is 0.00119. The highest BCUT2D eigenvalue weighted by atomic mass is 16.5. The summed E-state index contributed by atoms with van der Waals surface area (Å²) in [5, 5.41) is 0. The number of ether oxygens (including phenoxy) is 2. The van der Waals surface area contributed by atoms with Crippen molar-refractivity contribution in [3.05, 3.63) is 18.6 Å². The molecule has 1 aliphatic rings. The van der Waals surface area contributed by atoms with Crippen molar-refractivity contribution in [2.75, 3.05) is 26.8 Å². The molecule has 2 heterocycles. The van der Waals surface area contributed by atoms with Crippen molar-refractivity contribution in [2.24, 2.45) is 0 Å². The molecule has 0 unspecified atom stereocenters. The molecule has 1 saturated heterocycles. The van der Waals surface area contributed by atoms with Gasteiger partial charge in [-0.1, -0.05) is 0 Å². The molecule has 1 aromatic heterocycles. The van der Waals surface area contributed by atoms with Crippen LogP contribution in [0, 0.1) is 0 Å². The molecule has 1 aromatic rings. The van der Waals surface area contributed by atoms with Crippen LogP contribution in [0.3, 0.4) is 0 Å². The Labute approximate surface area is 99.6 Å². The van der Waals surface area contributed by atoms with Gasteiger partial charge in [-0.05, 0) is 0 Å². The van der Waals surface area contributed by atoms with Crippen molar-refractivity contribution < 1.29 is 14.3 Å². The van der Waals surface area contributed by atoms with Crippen LogP contribution in [-0.4, -0.2) is 53.7 Å². The minimum Gasteiger partial charge on any atom is -0.472 e. The predicted molar refractivity (Wildman–Crippen MR) is 59.5 cm³/mol. The van der Waals surface area contributed by atoms with Gasteiger partial charge in [0.1, 0.15) is 19.0 Å². The Kier molecular flexibility index (Phi) is 3.87. The molecule has 1 atom stereocenters. The summed E-state index contributed by atoms with van der Waals surface area (Å²) in [6.07, 6.45) is 3.90. The van der Waals surface area contributed by atoms with Gasteiger partial charge in [-0.3, -0.25) is 4.79 Å². The number of methoxy groups -OCH3 is 1. The number of nitrogens with zero attached hydrogens (tertiary/aromatic N) is 3. The third kappa shape index (κ3) is 3.13. The number of hydrogen-bond acceptors (Lipinski definition) is 5. The molecule has 17 heavy (non-hydrogen) atoms. The predicted octanol–water partition coefficient (Wildman–Crippen LogP) is 0.103. The van der Waals surface area contributed by atoms with E-state index in [2.05, 4.69) is 9.97 Å². The normalized spacial score (nSPS) is 19.4. The van der Waals surface area contributed by atoms with E-state index >= 15 is 0 Å². The maximum Gasteiger partial charge on any atom is 0.248 e. The lowest BCUT2D eigenvalue weighted by Crippen LogP contribution is -2.33. The largest absolute Gasteiger partial charge is 0.472 e. The molecule has 1 fully saturated rings. The molecule has 0 saturated carbocycles. The molecule has 0 aliphatic carbocycles. The van der Waals surface area contributed by atoms with Crippen LogP contribution >= 0.6 is 0 Å². The summed E-state index contributed by atoms with van der Waals surface area (Å²) in [5.41, 5.74) is 0. The second kappa shape index (κ2) is 5.58. The molecule has 92 valence electrons. The minimum atomic E-state index is 0.00119. The summed E-state index contributed by atoms with van der Waals surface area (Å²) in [5.74, 6) is 0.548. The molecular weight excluding hydrogens is 222 g/mol. The van der Waals surface area contributed by atoms with E-state index in [-0.39, 0.29) is 18.6 Å². The zero-order chi connectivity index (χ0) is 12.1. The Morgan fingerprint density at radius 3 is 3.24 bits per heavy atom. The lowest BCUT2D eigenvalue weighted by molar-refractivity contribution is -0.134. The molecule has 1 amide bonds. The molecule has 1 aliphatic heterocycles. The summed E-state index contributed by atoms with van der Waals surface area (Å²) in [4.78, 5) is 21.1. The Morgan fingerprint density at radius 2 is 2.53 bits per heavy atom. The van der Waals surface area contributed by atoms with Crippen LogP contribution in [0.25, 0.3) is 0 Å². The van der Waals surface area contributed by atoms with E-state index in [0.717, 1.165) is 6.42 Å². The number of likely N-dealkylation sites (tertiary alicyclic amines) is 1. The van der Waals surface area contributed by atoms with E-state index in [9.17, 15) is 4.79 Å². The molecule has 0 N–H and O–H groups in total. The van der Waals surface area contributed by atoms with E-state index in [1.807, 2.05) is 0 Å². The van der Waals surface area contributed by atoms with Gasteiger partial charge in [0.15, 0.2) is 0 Å². The third-order valence-corrected chi connectivity index (χ3v) is 2.61. The molecule has 0 radical (unpaired) electrons. The molecule has 6 nitrogen and oxygen atoms in total. The highest BCUT2D eigenvalue weighted by molar-refractivity contribution is 5.77. The molecular formula is C11H15N3O3. The van der Waals surface area contributed by atoms with Crippen LogP contribution in [-0.2, 0) is 9.53 Å². The molecule has 2 rings (SSSR count). The molecule has 6 heteroatoms. The monoisotopic (exact) mass is 237 g/mol. The Balaban J connectivity index is 1.84. The fraction of sp³-hybridized carbons (Fsp3) is 0.545. The lowest BCUT2D eigenvalue weighted by Gasteiger charge is -2.16. The van der Waals surface area contributed by atoms with E-state index in [1.54, 1.807) is 17.2 Å². The van der Waals surface area contributed by atoms with Crippen molar-refractivity contribution in [1.29, 1.82) is 0 Å². The standard InChI is InChI=1S/C11H15N3O3/c1-16-7-11(15)14-5-3-9(6-14)17-10-2-4-12-8-13-10/h2,4,8-9H,3,5-7H2,1H3/t9-/m1/s1. The third-order valence-electron chi connectivity index (χ3n) is 2.61. The average molecular weight is 237 g/mol. The number of aromatic nitrogens is 2. The van der Waals surface area contributed by atoms with E-state index < -0.39 is 0 Å². The highest BCUT2D eigenvalue weighted by Crippen LogP contribution is 2.15.